The van der Waals surface area contributed by atoms with Gasteiger partial charge >= 0.3 is 0 Å². The van der Waals surface area contributed by atoms with Crippen LogP contribution >= 0.6 is 11.3 Å². The summed E-state index contributed by atoms with van der Waals surface area (Å²) in [7, 11) is 0. The first-order chi connectivity index (χ1) is 8.29. The first-order valence-electron chi connectivity index (χ1n) is 6.43. The van der Waals surface area contributed by atoms with Crippen molar-refractivity contribution in [1.29, 1.82) is 0 Å². The van der Waals surface area contributed by atoms with Gasteiger partial charge in [0.25, 0.3) is 5.91 Å². The van der Waals surface area contributed by atoms with Gasteiger partial charge in [-0.3, -0.25) is 4.79 Å². The lowest BCUT2D eigenvalue weighted by molar-refractivity contribution is 0.0635. The van der Waals surface area contributed by atoms with E-state index in [1.807, 2.05) is 4.90 Å². The fourth-order valence-electron chi connectivity index (χ4n) is 2.64. The molecule has 0 saturated carbocycles. The topological polar surface area (TPSA) is 32.3 Å². The second-order valence-electron chi connectivity index (χ2n) is 4.82. The molecule has 0 spiro atoms. The summed E-state index contributed by atoms with van der Waals surface area (Å²) in [5, 5.41) is 3.23. The summed E-state index contributed by atoms with van der Waals surface area (Å²) in [5.74, 6) is 0.235. The average molecular weight is 250 g/mol. The van der Waals surface area contributed by atoms with Crippen molar-refractivity contribution in [2.24, 2.45) is 0 Å². The third kappa shape index (κ3) is 1.89. The summed E-state index contributed by atoms with van der Waals surface area (Å²) in [6, 6.07) is 2.54. The smallest absolute Gasteiger partial charge is 0.264 e. The molecule has 3 nitrogen and oxygen atoms in total. The van der Waals surface area contributed by atoms with E-state index in [1.165, 1.54) is 23.3 Å². The Morgan fingerprint density at radius 1 is 1.53 bits per heavy atom. The fourth-order valence-corrected chi connectivity index (χ4v) is 3.85. The van der Waals surface area contributed by atoms with Crippen LogP contribution in [0.4, 0.5) is 0 Å². The van der Waals surface area contributed by atoms with Gasteiger partial charge in [-0.2, -0.15) is 0 Å². The Kier molecular flexibility index (Phi) is 2.92. The maximum Gasteiger partial charge on any atom is 0.264 e. The number of fused-ring (bicyclic) bond motifs is 1. The Labute approximate surface area is 106 Å². The van der Waals surface area contributed by atoms with Gasteiger partial charge < -0.3 is 10.2 Å². The van der Waals surface area contributed by atoms with Crippen molar-refractivity contribution in [3.63, 3.8) is 0 Å². The molecule has 1 N–H and O–H groups in total. The quantitative estimate of drug-likeness (QED) is 0.885. The SMILES string of the molecule is CCN(C(=O)c1cc2c(s1)CCC2)C1CNC1. The highest BCUT2D eigenvalue weighted by atomic mass is 32.1. The lowest BCUT2D eigenvalue weighted by atomic mass is 10.1. The predicted octanol–water partition coefficient (Wildman–Crippen LogP) is 1.67. The molecule has 1 amide bonds. The minimum Gasteiger partial charge on any atom is -0.333 e. The number of likely N-dealkylation sites (N-methyl/N-ethyl adjacent to an activating group) is 1. The molecule has 1 aliphatic heterocycles. The van der Waals surface area contributed by atoms with E-state index in [1.54, 1.807) is 11.3 Å². The van der Waals surface area contributed by atoms with Crippen LogP contribution in [0.5, 0.6) is 0 Å². The molecule has 1 aliphatic carbocycles. The number of nitrogens with one attached hydrogen (secondary N) is 1. The van der Waals surface area contributed by atoms with Gasteiger partial charge in [-0.15, -0.1) is 11.3 Å². The lowest BCUT2D eigenvalue weighted by Gasteiger charge is -2.37. The van der Waals surface area contributed by atoms with Crippen molar-refractivity contribution in [2.75, 3.05) is 19.6 Å². The molecular formula is C13H18N2OS. The van der Waals surface area contributed by atoms with Crippen molar-refractivity contribution in [3.8, 4) is 0 Å². The highest BCUT2D eigenvalue weighted by Crippen LogP contribution is 2.31. The summed E-state index contributed by atoms with van der Waals surface area (Å²) in [4.78, 5) is 16.8. The van der Waals surface area contributed by atoms with E-state index in [2.05, 4.69) is 18.3 Å². The second-order valence-corrected chi connectivity index (χ2v) is 5.95. The molecule has 4 heteroatoms. The molecule has 1 aromatic rings. The number of carbonyl (C=O) groups is 1. The van der Waals surface area contributed by atoms with Gasteiger partial charge in [-0.05, 0) is 37.8 Å². The summed E-state index contributed by atoms with van der Waals surface area (Å²) < 4.78 is 0. The van der Waals surface area contributed by atoms with E-state index in [4.69, 9.17) is 0 Å². The number of carbonyl (C=O) groups excluding carboxylic acids is 1. The van der Waals surface area contributed by atoms with Crippen LogP contribution in [-0.4, -0.2) is 36.5 Å². The maximum absolute atomic E-state index is 12.4. The Morgan fingerprint density at radius 2 is 2.35 bits per heavy atom. The van der Waals surface area contributed by atoms with Crippen molar-refractivity contribution in [3.05, 3.63) is 21.4 Å². The van der Waals surface area contributed by atoms with Gasteiger partial charge in [-0.1, -0.05) is 0 Å². The molecule has 1 fully saturated rings. The molecule has 0 atom stereocenters. The summed E-state index contributed by atoms with van der Waals surface area (Å²) in [5.41, 5.74) is 1.42. The molecule has 0 bridgehead atoms. The van der Waals surface area contributed by atoms with Crippen molar-refractivity contribution in [1.82, 2.24) is 10.2 Å². The molecule has 3 rings (SSSR count). The van der Waals surface area contributed by atoms with Crippen LogP contribution in [0.25, 0.3) is 0 Å². The highest BCUT2D eigenvalue weighted by molar-refractivity contribution is 7.14. The van der Waals surface area contributed by atoms with Crippen molar-refractivity contribution in [2.45, 2.75) is 32.2 Å². The van der Waals surface area contributed by atoms with Gasteiger partial charge in [0.1, 0.15) is 0 Å². The van der Waals surface area contributed by atoms with E-state index >= 15 is 0 Å². The van der Waals surface area contributed by atoms with E-state index in [0.29, 0.717) is 6.04 Å². The van der Waals surface area contributed by atoms with Gasteiger partial charge in [0.05, 0.1) is 10.9 Å². The second kappa shape index (κ2) is 4.42. The Bertz CT molecular complexity index is 415. The summed E-state index contributed by atoms with van der Waals surface area (Å²) in [6.07, 6.45) is 3.60. The van der Waals surface area contributed by atoms with Crippen LogP contribution < -0.4 is 5.32 Å². The number of hydrogen-bond acceptors (Lipinski definition) is 3. The van der Waals surface area contributed by atoms with Crippen LogP contribution in [0.2, 0.25) is 0 Å². The van der Waals surface area contributed by atoms with Gasteiger partial charge in [-0.25, -0.2) is 0 Å². The summed E-state index contributed by atoms with van der Waals surface area (Å²) in [6.45, 7) is 4.78. The molecule has 1 aromatic heterocycles. The normalized spacial score (nSPS) is 18.9. The maximum atomic E-state index is 12.4. The van der Waals surface area contributed by atoms with Crippen LogP contribution in [0.1, 0.15) is 33.5 Å². The molecule has 0 unspecified atom stereocenters. The van der Waals surface area contributed by atoms with E-state index < -0.39 is 0 Å². The molecule has 92 valence electrons. The van der Waals surface area contributed by atoms with Crippen LogP contribution in [0.15, 0.2) is 6.07 Å². The van der Waals surface area contributed by atoms with Gasteiger partial charge in [0.15, 0.2) is 0 Å². The van der Waals surface area contributed by atoms with E-state index in [0.717, 1.165) is 30.9 Å². The lowest BCUT2D eigenvalue weighted by Crippen LogP contribution is -2.58. The van der Waals surface area contributed by atoms with E-state index in [9.17, 15) is 4.79 Å². The largest absolute Gasteiger partial charge is 0.333 e. The van der Waals surface area contributed by atoms with Crippen LogP contribution in [0.3, 0.4) is 0 Å². The molecular weight excluding hydrogens is 232 g/mol. The molecule has 17 heavy (non-hydrogen) atoms. The monoisotopic (exact) mass is 250 g/mol. The zero-order chi connectivity index (χ0) is 11.8. The molecule has 0 radical (unpaired) electrons. The number of hydrogen-bond donors (Lipinski definition) is 1. The number of thiophene rings is 1. The van der Waals surface area contributed by atoms with Crippen LogP contribution in [-0.2, 0) is 12.8 Å². The fraction of sp³-hybridized carbons (Fsp3) is 0.615. The molecule has 2 heterocycles. The zero-order valence-corrected chi connectivity index (χ0v) is 11.0. The van der Waals surface area contributed by atoms with Gasteiger partial charge in [0.2, 0.25) is 0 Å². The van der Waals surface area contributed by atoms with Crippen LogP contribution in [0, 0.1) is 0 Å². The summed E-state index contributed by atoms with van der Waals surface area (Å²) >= 11 is 1.71. The first kappa shape index (κ1) is 11.2. The number of aryl methyl sites for hydroxylation is 2. The van der Waals surface area contributed by atoms with Gasteiger partial charge in [0, 0.05) is 24.5 Å². The predicted molar refractivity (Wildman–Crippen MR) is 69.7 cm³/mol. The average Bonchev–Trinajstić information content (AvgIpc) is 2.81. The Balaban J connectivity index is 1.79. The Morgan fingerprint density at radius 3 is 2.94 bits per heavy atom. The van der Waals surface area contributed by atoms with Crippen molar-refractivity contribution >= 4 is 17.2 Å². The first-order valence-corrected chi connectivity index (χ1v) is 7.24. The molecule has 0 aromatic carbocycles. The molecule has 1 saturated heterocycles. The standard InChI is InChI=1S/C13H18N2OS/c1-2-15(10-7-14-8-10)13(16)12-6-9-4-3-5-11(9)17-12/h6,10,14H,2-5,7-8H2,1H3. The number of amides is 1. The molecule has 2 aliphatic rings. The zero-order valence-electron chi connectivity index (χ0n) is 10.2. The third-order valence-electron chi connectivity index (χ3n) is 3.76. The number of nitrogens with zero attached hydrogens (tertiary/aromatic N) is 1. The highest BCUT2D eigenvalue weighted by Gasteiger charge is 2.29. The van der Waals surface area contributed by atoms with Crippen molar-refractivity contribution < 1.29 is 4.79 Å². The third-order valence-corrected chi connectivity index (χ3v) is 4.98. The van der Waals surface area contributed by atoms with E-state index in [-0.39, 0.29) is 5.91 Å². The number of rotatable bonds is 3. The minimum absolute atomic E-state index is 0.235. The Hall–Kier alpha value is -0.870. The minimum atomic E-state index is 0.235.